The molecule has 0 bridgehead atoms. The van der Waals surface area contributed by atoms with Crippen LogP contribution in [0.25, 0.3) is 0 Å². The molecule has 0 fully saturated rings. The third-order valence-electron chi connectivity index (χ3n) is 3.26. The number of benzene rings is 2. The second kappa shape index (κ2) is 11.0. The minimum absolute atomic E-state index is 0.0700. The van der Waals surface area contributed by atoms with E-state index in [9.17, 15) is 13.2 Å². The number of carbonyl (C=O) groups is 1. The molecule has 2 rings (SSSR count). The number of hydrogen-bond acceptors (Lipinski definition) is 4. The van der Waals surface area contributed by atoms with Crippen molar-refractivity contribution in [2.75, 3.05) is 7.11 Å². The Balaban J connectivity index is 0.000000516. The summed E-state index contributed by atoms with van der Waals surface area (Å²) < 4.78 is 42.9. The van der Waals surface area contributed by atoms with Gasteiger partial charge in [0.1, 0.15) is 6.61 Å². The van der Waals surface area contributed by atoms with Crippen molar-refractivity contribution in [1.82, 2.24) is 5.32 Å². The van der Waals surface area contributed by atoms with Gasteiger partial charge in [0.2, 0.25) is 0 Å². The van der Waals surface area contributed by atoms with Gasteiger partial charge >= 0.3 is 12.1 Å². The Hall–Kier alpha value is -3.14. The predicted octanol–water partition coefficient (Wildman–Crippen LogP) is 3.54. The van der Waals surface area contributed by atoms with Crippen LogP contribution in [0, 0.1) is 5.41 Å². The van der Waals surface area contributed by atoms with Crippen LogP contribution in [-0.4, -0.2) is 30.3 Å². The van der Waals surface area contributed by atoms with Crippen LogP contribution in [0.2, 0.25) is 5.02 Å². The fourth-order valence-corrected chi connectivity index (χ4v) is 2.01. The summed E-state index contributed by atoms with van der Waals surface area (Å²) >= 11 is 5.86. The third-order valence-corrected chi connectivity index (χ3v) is 3.51. The smallest absolute Gasteiger partial charge is 0.490 e. The van der Waals surface area contributed by atoms with Crippen LogP contribution in [0.1, 0.15) is 11.1 Å². The first-order chi connectivity index (χ1) is 13.5. The number of halogens is 4. The first-order valence-electron chi connectivity index (χ1n) is 7.95. The van der Waals surface area contributed by atoms with Crippen LogP contribution in [0.5, 0.6) is 11.5 Å². The van der Waals surface area contributed by atoms with E-state index in [2.05, 4.69) is 5.32 Å². The van der Waals surface area contributed by atoms with Crippen molar-refractivity contribution >= 4 is 23.5 Å². The number of ether oxygens (including phenoxy) is 2. The van der Waals surface area contributed by atoms with Crippen molar-refractivity contribution in [1.29, 1.82) is 5.41 Å². The molecule has 0 radical (unpaired) electrons. The molecule has 2 aromatic carbocycles. The number of carboxylic acid groups (broad SMARTS) is 1. The van der Waals surface area contributed by atoms with Gasteiger partial charge in [-0.2, -0.15) is 13.2 Å². The minimum Gasteiger partial charge on any atom is -0.493 e. The average Bonchev–Trinajstić information content (AvgIpc) is 2.65. The van der Waals surface area contributed by atoms with Crippen LogP contribution in [-0.2, 0) is 17.9 Å². The predicted molar refractivity (Wildman–Crippen MR) is 101 cm³/mol. The van der Waals surface area contributed by atoms with E-state index in [1.807, 2.05) is 42.5 Å². The Kier molecular flexibility index (Phi) is 9.07. The molecule has 0 aliphatic heterocycles. The van der Waals surface area contributed by atoms with E-state index in [4.69, 9.17) is 42.1 Å². The Morgan fingerprint density at radius 1 is 1.17 bits per heavy atom. The summed E-state index contributed by atoms with van der Waals surface area (Å²) in [7, 11) is 1.60. The largest absolute Gasteiger partial charge is 0.493 e. The number of nitrogens with one attached hydrogen (secondary N) is 2. The third kappa shape index (κ3) is 9.06. The van der Waals surface area contributed by atoms with Crippen molar-refractivity contribution in [2.45, 2.75) is 19.3 Å². The molecule has 11 heteroatoms. The number of carboxylic acids is 1. The van der Waals surface area contributed by atoms with Gasteiger partial charge in [-0.05, 0) is 35.4 Å². The van der Waals surface area contributed by atoms with Gasteiger partial charge in [-0.3, -0.25) is 5.41 Å². The maximum Gasteiger partial charge on any atom is 0.490 e. The molecule has 0 atom stereocenters. The van der Waals surface area contributed by atoms with E-state index in [1.165, 1.54) is 0 Å². The fraction of sp³-hybridized carbons (Fsp3) is 0.222. The Labute approximate surface area is 169 Å². The van der Waals surface area contributed by atoms with E-state index in [0.717, 1.165) is 11.1 Å². The van der Waals surface area contributed by atoms with Crippen molar-refractivity contribution in [3.05, 3.63) is 58.6 Å². The van der Waals surface area contributed by atoms with Crippen LogP contribution < -0.4 is 20.5 Å². The molecule has 29 heavy (non-hydrogen) atoms. The molecule has 0 aromatic heterocycles. The number of rotatable bonds is 6. The van der Waals surface area contributed by atoms with Crippen LogP contribution >= 0.6 is 11.6 Å². The average molecular weight is 434 g/mol. The van der Waals surface area contributed by atoms with Gasteiger partial charge < -0.3 is 25.6 Å². The summed E-state index contributed by atoms with van der Waals surface area (Å²) in [5.41, 5.74) is 7.25. The molecule has 0 amide bonds. The highest BCUT2D eigenvalue weighted by molar-refractivity contribution is 6.30. The molecule has 0 spiro atoms. The molecule has 5 N–H and O–H groups in total. The highest BCUT2D eigenvalue weighted by atomic mass is 35.5. The fourth-order valence-electron chi connectivity index (χ4n) is 1.88. The quantitative estimate of drug-likeness (QED) is 0.409. The lowest BCUT2D eigenvalue weighted by atomic mass is 10.2. The molecule has 2 aromatic rings. The van der Waals surface area contributed by atoms with E-state index in [-0.39, 0.29) is 5.96 Å². The van der Waals surface area contributed by atoms with E-state index < -0.39 is 12.1 Å². The molecule has 0 saturated heterocycles. The van der Waals surface area contributed by atoms with Gasteiger partial charge in [-0.15, -0.1) is 0 Å². The molecule has 0 aliphatic carbocycles. The Morgan fingerprint density at radius 2 is 1.72 bits per heavy atom. The summed E-state index contributed by atoms with van der Waals surface area (Å²) in [6.07, 6.45) is -5.08. The molecule has 0 unspecified atom stereocenters. The Morgan fingerprint density at radius 3 is 2.21 bits per heavy atom. The monoisotopic (exact) mass is 433 g/mol. The molecule has 0 saturated carbocycles. The number of guanidine groups is 1. The van der Waals surface area contributed by atoms with Crippen molar-refractivity contribution < 1.29 is 32.5 Å². The van der Waals surface area contributed by atoms with Crippen molar-refractivity contribution in [3.63, 3.8) is 0 Å². The maximum atomic E-state index is 10.6. The first-order valence-corrected chi connectivity index (χ1v) is 8.33. The maximum absolute atomic E-state index is 10.6. The summed E-state index contributed by atoms with van der Waals surface area (Å²) in [5.74, 6) is -1.53. The van der Waals surface area contributed by atoms with Crippen LogP contribution in [0.4, 0.5) is 13.2 Å². The Bertz CT molecular complexity index is 830. The summed E-state index contributed by atoms with van der Waals surface area (Å²) in [5, 5.41) is 17.8. The zero-order valence-corrected chi connectivity index (χ0v) is 16.0. The lowest BCUT2D eigenvalue weighted by Gasteiger charge is -2.13. The normalized spacial score (nSPS) is 10.4. The van der Waals surface area contributed by atoms with E-state index in [1.54, 1.807) is 7.11 Å². The number of aliphatic carboxylic acids is 1. The van der Waals surface area contributed by atoms with Crippen molar-refractivity contribution in [3.8, 4) is 11.5 Å². The summed E-state index contributed by atoms with van der Waals surface area (Å²) in [6, 6.07) is 13.1. The molecular formula is C18H19ClF3N3O4. The molecule has 158 valence electrons. The van der Waals surface area contributed by atoms with E-state index in [0.29, 0.717) is 29.7 Å². The number of nitrogens with two attached hydrogens (primary N) is 1. The van der Waals surface area contributed by atoms with Crippen molar-refractivity contribution in [2.24, 2.45) is 5.73 Å². The van der Waals surface area contributed by atoms with Gasteiger partial charge in [0, 0.05) is 11.6 Å². The number of hydrogen-bond donors (Lipinski definition) is 4. The molecular weight excluding hydrogens is 415 g/mol. The molecule has 0 heterocycles. The highest BCUT2D eigenvalue weighted by Crippen LogP contribution is 2.29. The minimum atomic E-state index is -5.08. The number of methoxy groups -OCH3 is 1. The van der Waals surface area contributed by atoms with Gasteiger partial charge in [-0.1, -0.05) is 29.8 Å². The second-order valence-electron chi connectivity index (χ2n) is 5.47. The summed E-state index contributed by atoms with van der Waals surface area (Å²) in [6.45, 7) is 0.869. The van der Waals surface area contributed by atoms with Crippen LogP contribution in [0.3, 0.4) is 0 Å². The molecule has 7 nitrogen and oxygen atoms in total. The van der Waals surface area contributed by atoms with Gasteiger partial charge in [-0.25, -0.2) is 4.79 Å². The first kappa shape index (κ1) is 23.9. The lowest BCUT2D eigenvalue weighted by molar-refractivity contribution is -0.192. The lowest BCUT2D eigenvalue weighted by Crippen LogP contribution is -2.29. The second-order valence-corrected chi connectivity index (χ2v) is 5.91. The van der Waals surface area contributed by atoms with Gasteiger partial charge in [0.25, 0.3) is 0 Å². The SMILES string of the molecule is COc1ccc(CNC(=N)N)cc1OCc1ccc(Cl)cc1.O=C(O)C(F)(F)F. The van der Waals surface area contributed by atoms with Crippen LogP contribution in [0.15, 0.2) is 42.5 Å². The van der Waals surface area contributed by atoms with Gasteiger partial charge in [0.05, 0.1) is 7.11 Å². The zero-order valence-electron chi connectivity index (χ0n) is 15.2. The van der Waals surface area contributed by atoms with E-state index >= 15 is 0 Å². The molecule has 0 aliphatic rings. The van der Waals surface area contributed by atoms with Gasteiger partial charge in [0.15, 0.2) is 17.5 Å². The highest BCUT2D eigenvalue weighted by Gasteiger charge is 2.38. The standard InChI is InChI=1S/C16H18ClN3O2.C2HF3O2/c1-21-14-7-4-12(9-20-16(18)19)8-15(14)22-10-11-2-5-13(17)6-3-11;3-2(4,5)1(6)7/h2-8H,9-10H2,1H3,(H4,18,19,20);(H,6,7). The zero-order chi connectivity index (χ0) is 22.0. The summed E-state index contributed by atoms with van der Waals surface area (Å²) in [4.78, 5) is 8.90. The topological polar surface area (TPSA) is 118 Å². The number of alkyl halides is 3.